The largest absolute Gasteiger partial charge is 0.388 e. The number of imidazole rings is 1. The molecule has 0 aliphatic rings. The van der Waals surface area contributed by atoms with Gasteiger partial charge in [-0.1, -0.05) is 11.6 Å². The first-order chi connectivity index (χ1) is 8.61. The minimum absolute atomic E-state index is 0.0474. The number of fused-ring (bicyclic) bond motifs is 1. The van der Waals surface area contributed by atoms with Gasteiger partial charge in [-0.05, 0) is 45.3 Å². The van der Waals surface area contributed by atoms with Crippen molar-refractivity contribution < 1.29 is 5.11 Å². The minimum Gasteiger partial charge on any atom is -0.388 e. The minimum atomic E-state index is -0.0474. The van der Waals surface area contributed by atoms with Crippen LogP contribution < -0.4 is 0 Å². The maximum absolute atomic E-state index is 9.37. The maximum atomic E-state index is 9.37. The highest BCUT2D eigenvalue weighted by atomic mass is 35.5. The van der Waals surface area contributed by atoms with Crippen molar-refractivity contribution in [1.82, 2.24) is 14.5 Å². The normalized spacial score (nSPS) is 11.6. The number of aliphatic hydroxyl groups excluding tert-OH is 1. The van der Waals surface area contributed by atoms with Gasteiger partial charge in [-0.15, -0.1) is 0 Å². The van der Waals surface area contributed by atoms with E-state index in [9.17, 15) is 5.11 Å². The SMILES string of the molecule is CN(C)CCCn1c(CO)nc2ccc(Cl)cc21. The molecule has 0 amide bonds. The fourth-order valence-corrected chi connectivity index (χ4v) is 2.23. The maximum Gasteiger partial charge on any atom is 0.135 e. The summed E-state index contributed by atoms with van der Waals surface area (Å²) in [7, 11) is 4.10. The van der Waals surface area contributed by atoms with Crippen molar-refractivity contribution in [3.63, 3.8) is 0 Å². The third kappa shape index (κ3) is 2.83. The van der Waals surface area contributed by atoms with Crippen molar-refractivity contribution in [2.75, 3.05) is 20.6 Å². The van der Waals surface area contributed by atoms with Crippen LogP contribution in [0.5, 0.6) is 0 Å². The zero-order chi connectivity index (χ0) is 13.1. The lowest BCUT2D eigenvalue weighted by Gasteiger charge is -2.11. The van der Waals surface area contributed by atoms with E-state index in [4.69, 9.17) is 11.6 Å². The molecule has 0 spiro atoms. The van der Waals surface area contributed by atoms with Gasteiger partial charge in [0.15, 0.2) is 0 Å². The molecular formula is C13H18ClN3O. The second kappa shape index (κ2) is 5.69. The van der Waals surface area contributed by atoms with Crippen LogP contribution in [0.25, 0.3) is 11.0 Å². The van der Waals surface area contributed by atoms with Crippen molar-refractivity contribution in [3.05, 3.63) is 29.0 Å². The first kappa shape index (κ1) is 13.3. The molecule has 0 aliphatic carbocycles. The Kier molecular flexibility index (Phi) is 4.22. The molecule has 18 heavy (non-hydrogen) atoms. The monoisotopic (exact) mass is 267 g/mol. The van der Waals surface area contributed by atoms with Gasteiger partial charge in [0.2, 0.25) is 0 Å². The summed E-state index contributed by atoms with van der Waals surface area (Å²) in [6, 6.07) is 5.61. The van der Waals surface area contributed by atoms with Crippen LogP contribution in [0.4, 0.5) is 0 Å². The van der Waals surface area contributed by atoms with Gasteiger partial charge in [-0.2, -0.15) is 0 Å². The molecule has 1 N–H and O–H groups in total. The van der Waals surface area contributed by atoms with Gasteiger partial charge < -0.3 is 14.6 Å². The van der Waals surface area contributed by atoms with E-state index < -0.39 is 0 Å². The van der Waals surface area contributed by atoms with Crippen LogP contribution in [0.15, 0.2) is 18.2 Å². The standard InChI is InChI=1S/C13H18ClN3O/c1-16(2)6-3-7-17-12-8-10(14)4-5-11(12)15-13(17)9-18/h4-5,8,18H,3,6-7,9H2,1-2H3. The van der Waals surface area contributed by atoms with Crippen LogP contribution >= 0.6 is 11.6 Å². The summed E-state index contributed by atoms with van der Waals surface area (Å²) < 4.78 is 2.05. The van der Waals surface area contributed by atoms with E-state index >= 15 is 0 Å². The summed E-state index contributed by atoms with van der Waals surface area (Å²) >= 11 is 6.02. The van der Waals surface area contributed by atoms with Crippen LogP contribution in [0.1, 0.15) is 12.2 Å². The lowest BCUT2D eigenvalue weighted by atomic mass is 10.3. The van der Waals surface area contributed by atoms with Crippen LogP contribution in [-0.2, 0) is 13.2 Å². The predicted octanol–water partition coefficient (Wildman–Crippen LogP) is 2.13. The summed E-state index contributed by atoms with van der Waals surface area (Å²) in [4.78, 5) is 6.55. The van der Waals surface area contributed by atoms with E-state index in [1.807, 2.05) is 22.8 Å². The predicted molar refractivity (Wildman–Crippen MR) is 73.8 cm³/mol. The Labute approximate surface area is 112 Å². The van der Waals surface area contributed by atoms with Crippen molar-refractivity contribution in [3.8, 4) is 0 Å². The summed E-state index contributed by atoms with van der Waals surface area (Å²) in [6.45, 7) is 1.80. The molecule has 1 aromatic heterocycles. The molecule has 0 bridgehead atoms. The number of halogens is 1. The molecule has 4 nitrogen and oxygen atoms in total. The van der Waals surface area contributed by atoms with Crippen LogP contribution in [0.2, 0.25) is 5.02 Å². The second-order valence-electron chi connectivity index (χ2n) is 4.63. The van der Waals surface area contributed by atoms with Crippen molar-refractivity contribution in [1.29, 1.82) is 0 Å². The highest BCUT2D eigenvalue weighted by molar-refractivity contribution is 6.31. The number of aliphatic hydroxyl groups is 1. The number of hydrogen-bond donors (Lipinski definition) is 1. The van der Waals surface area contributed by atoms with E-state index in [1.54, 1.807) is 0 Å². The molecule has 2 rings (SSSR count). The number of nitrogens with zero attached hydrogens (tertiary/aromatic N) is 3. The quantitative estimate of drug-likeness (QED) is 0.902. The number of aromatic nitrogens is 2. The number of rotatable bonds is 5. The average molecular weight is 268 g/mol. The van der Waals surface area contributed by atoms with Gasteiger partial charge in [0.25, 0.3) is 0 Å². The lowest BCUT2D eigenvalue weighted by molar-refractivity contribution is 0.264. The van der Waals surface area contributed by atoms with Crippen molar-refractivity contribution in [2.45, 2.75) is 19.6 Å². The Morgan fingerprint density at radius 3 is 2.83 bits per heavy atom. The van der Waals surface area contributed by atoms with Crippen molar-refractivity contribution >= 4 is 22.6 Å². The summed E-state index contributed by atoms with van der Waals surface area (Å²) in [5.41, 5.74) is 1.87. The smallest absolute Gasteiger partial charge is 0.135 e. The Balaban J connectivity index is 2.30. The second-order valence-corrected chi connectivity index (χ2v) is 5.06. The molecule has 5 heteroatoms. The first-order valence-electron chi connectivity index (χ1n) is 6.02. The topological polar surface area (TPSA) is 41.3 Å². The summed E-state index contributed by atoms with van der Waals surface area (Å²) in [5.74, 6) is 0.700. The summed E-state index contributed by atoms with van der Waals surface area (Å²) in [6.07, 6.45) is 1.01. The molecule has 98 valence electrons. The van der Waals surface area contributed by atoms with Gasteiger partial charge in [-0.25, -0.2) is 4.98 Å². The molecule has 0 fully saturated rings. The van der Waals surface area contributed by atoms with Crippen LogP contribution in [0, 0.1) is 0 Å². The Bertz CT molecular complexity index is 536. The third-order valence-corrected chi connectivity index (χ3v) is 3.15. The van der Waals surface area contributed by atoms with Crippen molar-refractivity contribution in [2.24, 2.45) is 0 Å². The third-order valence-electron chi connectivity index (χ3n) is 2.92. The molecule has 1 heterocycles. The molecule has 0 atom stereocenters. The zero-order valence-corrected chi connectivity index (χ0v) is 11.5. The zero-order valence-electron chi connectivity index (χ0n) is 10.7. The van der Waals surface area contributed by atoms with Gasteiger partial charge >= 0.3 is 0 Å². The molecular weight excluding hydrogens is 250 g/mol. The number of hydrogen-bond acceptors (Lipinski definition) is 3. The fraction of sp³-hybridized carbons (Fsp3) is 0.462. The van der Waals surface area contributed by atoms with Crippen LogP contribution in [-0.4, -0.2) is 40.2 Å². The van der Waals surface area contributed by atoms with Gasteiger partial charge in [0.1, 0.15) is 12.4 Å². The molecule has 2 aromatic rings. The van der Waals surface area contributed by atoms with Crippen LogP contribution in [0.3, 0.4) is 0 Å². The summed E-state index contributed by atoms with van der Waals surface area (Å²) in [5, 5.41) is 10.1. The van der Waals surface area contributed by atoms with Gasteiger partial charge in [-0.3, -0.25) is 0 Å². The molecule has 0 unspecified atom stereocenters. The molecule has 0 radical (unpaired) electrons. The van der Waals surface area contributed by atoms with E-state index in [0.29, 0.717) is 10.8 Å². The highest BCUT2D eigenvalue weighted by Crippen LogP contribution is 2.21. The fourth-order valence-electron chi connectivity index (χ4n) is 2.06. The Morgan fingerprint density at radius 2 is 2.17 bits per heavy atom. The molecule has 0 aliphatic heterocycles. The van der Waals surface area contributed by atoms with E-state index in [1.165, 1.54) is 0 Å². The Hall–Kier alpha value is -1.10. The van der Waals surface area contributed by atoms with Gasteiger partial charge in [0.05, 0.1) is 11.0 Å². The van der Waals surface area contributed by atoms with E-state index in [2.05, 4.69) is 24.0 Å². The number of benzene rings is 1. The lowest BCUT2D eigenvalue weighted by Crippen LogP contribution is -2.15. The van der Waals surface area contributed by atoms with Gasteiger partial charge in [0, 0.05) is 11.6 Å². The molecule has 1 aromatic carbocycles. The average Bonchev–Trinajstić information content (AvgIpc) is 2.66. The Morgan fingerprint density at radius 1 is 1.39 bits per heavy atom. The molecule has 0 saturated carbocycles. The van der Waals surface area contributed by atoms with E-state index in [0.717, 1.165) is 30.5 Å². The highest BCUT2D eigenvalue weighted by Gasteiger charge is 2.10. The first-order valence-corrected chi connectivity index (χ1v) is 6.40. The number of aryl methyl sites for hydroxylation is 1. The molecule has 0 saturated heterocycles. The van der Waals surface area contributed by atoms with E-state index in [-0.39, 0.29) is 6.61 Å².